The lowest BCUT2D eigenvalue weighted by Gasteiger charge is -2.38. The van der Waals surface area contributed by atoms with E-state index in [0.29, 0.717) is 31.7 Å². The van der Waals surface area contributed by atoms with Crippen LogP contribution in [-0.4, -0.2) is 64.1 Å². The highest BCUT2D eigenvalue weighted by Crippen LogP contribution is 2.30. The van der Waals surface area contributed by atoms with Gasteiger partial charge in [-0.25, -0.2) is 0 Å². The van der Waals surface area contributed by atoms with Crippen LogP contribution in [0.25, 0.3) is 0 Å². The van der Waals surface area contributed by atoms with E-state index < -0.39 is 0 Å². The molecule has 3 amide bonds. The van der Waals surface area contributed by atoms with E-state index in [9.17, 15) is 14.4 Å². The molecule has 0 aromatic heterocycles. The van der Waals surface area contributed by atoms with Gasteiger partial charge in [0.2, 0.25) is 5.91 Å². The molecule has 2 saturated heterocycles. The molecule has 0 saturated carbocycles. The molecule has 6 nitrogen and oxygen atoms in total. The summed E-state index contributed by atoms with van der Waals surface area (Å²) in [6, 6.07) is 15.2. The average molecular weight is 432 g/mol. The van der Waals surface area contributed by atoms with Crippen LogP contribution in [0, 0.1) is 6.92 Å². The Hall–Kier alpha value is -3.15. The van der Waals surface area contributed by atoms with Gasteiger partial charge < -0.3 is 14.7 Å². The minimum Gasteiger partial charge on any atom is -0.341 e. The Morgan fingerprint density at radius 3 is 2.38 bits per heavy atom. The summed E-state index contributed by atoms with van der Waals surface area (Å²) in [5, 5.41) is 0. The van der Waals surface area contributed by atoms with E-state index in [1.54, 1.807) is 4.90 Å². The number of fused-ring (bicyclic) bond motifs is 1. The first-order valence-electron chi connectivity index (χ1n) is 11.6. The van der Waals surface area contributed by atoms with Crippen LogP contribution in [0.1, 0.15) is 57.5 Å². The second-order valence-electron chi connectivity index (χ2n) is 9.12. The number of hydrogen-bond donors (Lipinski definition) is 0. The predicted molar refractivity (Wildman–Crippen MR) is 121 cm³/mol. The van der Waals surface area contributed by atoms with Gasteiger partial charge in [0.05, 0.1) is 0 Å². The molecule has 0 bridgehead atoms. The molecule has 32 heavy (non-hydrogen) atoms. The van der Waals surface area contributed by atoms with Crippen LogP contribution < -0.4 is 0 Å². The summed E-state index contributed by atoms with van der Waals surface area (Å²) in [6.45, 7) is 4.48. The fourth-order valence-corrected chi connectivity index (χ4v) is 5.41. The number of nitrogens with zero attached hydrogens (tertiary/aromatic N) is 3. The molecule has 166 valence electrons. The van der Waals surface area contributed by atoms with Gasteiger partial charge in [-0.3, -0.25) is 14.4 Å². The van der Waals surface area contributed by atoms with Crippen LogP contribution in [0.5, 0.6) is 0 Å². The lowest BCUT2D eigenvalue weighted by atomic mass is 10.0. The number of piperidine rings is 1. The quantitative estimate of drug-likeness (QED) is 0.750. The Kier molecular flexibility index (Phi) is 5.45. The van der Waals surface area contributed by atoms with E-state index >= 15 is 0 Å². The van der Waals surface area contributed by atoms with Crippen LogP contribution in [0.2, 0.25) is 0 Å². The molecule has 3 aliphatic heterocycles. The normalized spacial score (nSPS) is 21.2. The molecular weight excluding hydrogens is 402 g/mol. The number of rotatable bonds is 3. The zero-order valence-electron chi connectivity index (χ0n) is 18.5. The SMILES string of the molecule is Cc1ccccc1C(=O)N1CCCC1C(=O)N1CCC(N2Cc3ccccc3C2=O)CC1. The molecule has 0 radical (unpaired) electrons. The maximum atomic E-state index is 13.4. The molecule has 1 unspecified atom stereocenters. The van der Waals surface area contributed by atoms with Crippen molar-refractivity contribution < 1.29 is 14.4 Å². The van der Waals surface area contributed by atoms with Crippen molar-refractivity contribution in [1.82, 2.24) is 14.7 Å². The first-order valence-corrected chi connectivity index (χ1v) is 11.6. The van der Waals surface area contributed by atoms with Gasteiger partial charge in [0.1, 0.15) is 6.04 Å². The minimum absolute atomic E-state index is 0.0470. The van der Waals surface area contributed by atoms with Gasteiger partial charge >= 0.3 is 0 Å². The van der Waals surface area contributed by atoms with Crippen molar-refractivity contribution in [2.24, 2.45) is 0 Å². The van der Waals surface area contributed by atoms with Crippen LogP contribution in [-0.2, 0) is 11.3 Å². The number of carbonyl (C=O) groups excluding carboxylic acids is 3. The van der Waals surface area contributed by atoms with Crippen molar-refractivity contribution in [3.8, 4) is 0 Å². The summed E-state index contributed by atoms with van der Waals surface area (Å²) in [4.78, 5) is 44.9. The minimum atomic E-state index is -0.378. The second kappa shape index (κ2) is 8.41. The van der Waals surface area contributed by atoms with Crippen molar-refractivity contribution in [2.45, 2.75) is 51.2 Å². The van der Waals surface area contributed by atoms with Crippen molar-refractivity contribution >= 4 is 17.7 Å². The van der Waals surface area contributed by atoms with Gasteiger partial charge in [0.15, 0.2) is 0 Å². The van der Waals surface area contributed by atoms with E-state index in [1.165, 1.54) is 0 Å². The van der Waals surface area contributed by atoms with Gasteiger partial charge in [-0.2, -0.15) is 0 Å². The molecule has 6 heteroatoms. The van der Waals surface area contributed by atoms with E-state index in [2.05, 4.69) is 0 Å². The number of carbonyl (C=O) groups is 3. The highest BCUT2D eigenvalue weighted by molar-refractivity contribution is 5.99. The Bertz CT molecular complexity index is 1060. The zero-order valence-corrected chi connectivity index (χ0v) is 18.5. The number of benzene rings is 2. The van der Waals surface area contributed by atoms with Gasteiger partial charge in [0, 0.05) is 43.3 Å². The Morgan fingerprint density at radius 1 is 0.906 bits per heavy atom. The van der Waals surface area contributed by atoms with E-state index in [4.69, 9.17) is 0 Å². The first-order chi connectivity index (χ1) is 15.5. The molecular formula is C26H29N3O3. The molecule has 1 atom stereocenters. The molecule has 3 heterocycles. The van der Waals surface area contributed by atoms with Gasteiger partial charge in [-0.15, -0.1) is 0 Å². The van der Waals surface area contributed by atoms with E-state index in [1.807, 2.05) is 65.3 Å². The average Bonchev–Trinajstić information content (AvgIpc) is 3.44. The van der Waals surface area contributed by atoms with Gasteiger partial charge in [0.25, 0.3) is 11.8 Å². The smallest absolute Gasteiger partial charge is 0.254 e. The summed E-state index contributed by atoms with van der Waals surface area (Å²) >= 11 is 0. The zero-order chi connectivity index (χ0) is 22.2. The van der Waals surface area contributed by atoms with Crippen LogP contribution in [0.15, 0.2) is 48.5 Å². The highest BCUT2D eigenvalue weighted by Gasteiger charge is 2.40. The lowest BCUT2D eigenvalue weighted by molar-refractivity contribution is -0.136. The molecule has 0 aliphatic carbocycles. The van der Waals surface area contributed by atoms with Crippen LogP contribution in [0.3, 0.4) is 0 Å². The van der Waals surface area contributed by atoms with Gasteiger partial charge in [-0.05, 0) is 55.9 Å². The Labute approximate surface area is 188 Å². The molecule has 5 rings (SSSR count). The highest BCUT2D eigenvalue weighted by atomic mass is 16.2. The monoisotopic (exact) mass is 431 g/mol. The third-order valence-corrected chi connectivity index (χ3v) is 7.24. The predicted octanol–water partition coefficient (Wildman–Crippen LogP) is 3.25. The van der Waals surface area contributed by atoms with Crippen LogP contribution >= 0.6 is 0 Å². The summed E-state index contributed by atoms with van der Waals surface area (Å²) < 4.78 is 0. The van der Waals surface area contributed by atoms with Crippen molar-refractivity contribution in [3.63, 3.8) is 0 Å². The fourth-order valence-electron chi connectivity index (χ4n) is 5.41. The van der Waals surface area contributed by atoms with Crippen LogP contribution in [0.4, 0.5) is 0 Å². The fraction of sp³-hybridized carbons (Fsp3) is 0.423. The van der Waals surface area contributed by atoms with E-state index in [0.717, 1.165) is 42.4 Å². The molecule has 3 aliphatic rings. The number of likely N-dealkylation sites (tertiary alicyclic amines) is 2. The molecule has 2 aromatic rings. The second-order valence-corrected chi connectivity index (χ2v) is 9.12. The van der Waals surface area contributed by atoms with Crippen molar-refractivity contribution in [2.75, 3.05) is 19.6 Å². The number of aryl methyl sites for hydroxylation is 1. The third kappa shape index (κ3) is 3.57. The van der Waals surface area contributed by atoms with Crippen molar-refractivity contribution in [1.29, 1.82) is 0 Å². The molecule has 0 N–H and O–H groups in total. The maximum absolute atomic E-state index is 13.4. The topological polar surface area (TPSA) is 60.9 Å². The molecule has 0 spiro atoms. The number of amides is 3. The molecule has 2 fully saturated rings. The molecule has 2 aromatic carbocycles. The lowest BCUT2D eigenvalue weighted by Crippen LogP contribution is -2.52. The third-order valence-electron chi connectivity index (χ3n) is 7.24. The summed E-state index contributed by atoms with van der Waals surface area (Å²) in [5.74, 6) is 0.115. The first kappa shape index (κ1) is 20.7. The summed E-state index contributed by atoms with van der Waals surface area (Å²) in [5.41, 5.74) is 3.51. The van der Waals surface area contributed by atoms with Crippen molar-refractivity contribution in [3.05, 3.63) is 70.8 Å². The van der Waals surface area contributed by atoms with Gasteiger partial charge in [-0.1, -0.05) is 36.4 Å². The largest absolute Gasteiger partial charge is 0.341 e. The van der Waals surface area contributed by atoms with E-state index in [-0.39, 0.29) is 29.8 Å². The standard InChI is InChI=1S/C26H29N3O3/c1-18-7-2-4-9-21(18)24(30)28-14-6-11-23(28)26(32)27-15-12-20(13-16-27)29-17-19-8-3-5-10-22(19)25(29)31/h2-5,7-10,20,23H,6,11-17H2,1H3. The summed E-state index contributed by atoms with van der Waals surface area (Å²) in [7, 11) is 0. The maximum Gasteiger partial charge on any atom is 0.254 e. The number of hydrogen-bond acceptors (Lipinski definition) is 3. The summed E-state index contributed by atoms with van der Waals surface area (Å²) in [6.07, 6.45) is 3.13. The Morgan fingerprint density at radius 2 is 1.62 bits per heavy atom. The Balaban J connectivity index is 1.22.